The molecule has 1 aromatic heterocycles. The van der Waals surface area contributed by atoms with Crippen molar-refractivity contribution in [2.75, 3.05) is 12.3 Å². The minimum Gasteiger partial charge on any atom is -0.494 e. The van der Waals surface area contributed by atoms with Gasteiger partial charge in [0.05, 0.1) is 6.61 Å². The van der Waals surface area contributed by atoms with Gasteiger partial charge in [-0.05, 0) is 30.7 Å². The van der Waals surface area contributed by atoms with Crippen LogP contribution in [0.25, 0.3) is 0 Å². The Hall–Kier alpha value is -2.30. The fraction of sp³-hybridized carbons (Fsp3) is 0.375. The van der Waals surface area contributed by atoms with Crippen molar-refractivity contribution < 1.29 is 9.47 Å². The van der Waals surface area contributed by atoms with Gasteiger partial charge in [0.1, 0.15) is 23.1 Å². The molecule has 0 fully saturated rings. The SMILES string of the molecule is CCCOc1ccc(Oc2cc(N)nc(C(C)C)n2)cc1. The molecule has 0 aliphatic rings. The average molecular weight is 287 g/mol. The maximum absolute atomic E-state index is 5.78. The zero-order valence-corrected chi connectivity index (χ0v) is 12.7. The lowest BCUT2D eigenvalue weighted by molar-refractivity contribution is 0.317. The Morgan fingerprint density at radius 2 is 1.76 bits per heavy atom. The van der Waals surface area contributed by atoms with E-state index in [0.29, 0.717) is 29.9 Å². The van der Waals surface area contributed by atoms with Crippen LogP contribution in [0.3, 0.4) is 0 Å². The molecule has 2 aromatic rings. The molecule has 5 nitrogen and oxygen atoms in total. The van der Waals surface area contributed by atoms with E-state index in [0.717, 1.165) is 12.2 Å². The monoisotopic (exact) mass is 287 g/mol. The highest BCUT2D eigenvalue weighted by Crippen LogP contribution is 2.24. The van der Waals surface area contributed by atoms with Crippen molar-refractivity contribution in [3.8, 4) is 17.4 Å². The van der Waals surface area contributed by atoms with Crippen LogP contribution in [-0.4, -0.2) is 16.6 Å². The van der Waals surface area contributed by atoms with E-state index in [2.05, 4.69) is 16.9 Å². The number of rotatable bonds is 6. The normalized spacial score (nSPS) is 10.7. The molecule has 5 heteroatoms. The van der Waals surface area contributed by atoms with Crippen LogP contribution in [0.4, 0.5) is 5.82 Å². The fourth-order valence-corrected chi connectivity index (χ4v) is 1.72. The van der Waals surface area contributed by atoms with Crippen LogP contribution < -0.4 is 15.2 Å². The first kappa shape index (κ1) is 15.1. The minimum atomic E-state index is 0.195. The third-order valence-electron chi connectivity index (χ3n) is 2.78. The molecule has 0 spiro atoms. The molecule has 0 atom stereocenters. The molecule has 0 aliphatic heterocycles. The summed E-state index contributed by atoms with van der Waals surface area (Å²) in [6, 6.07) is 9.06. The molecular formula is C16H21N3O2. The summed E-state index contributed by atoms with van der Waals surface area (Å²) in [4.78, 5) is 8.55. The second kappa shape index (κ2) is 6.92. The highest BCUT2D eigenvalue weighted by molar-refractivity contribution is 5.37. The molecule has 112 valence electrons. The topological polar surface area (TPSA) is 70.3 Å². The van der Waals surface area contributed by atoms with Gasteiger partial charge in [0, 0.05) is 12.0 Å². The Balaban J connectivity index is 2.10. The molecule has 2 rings (SSSR count). The molecule has 0 bridgehead atoms. The lowest BCUT2D eigenvalue weighted by Crippen LogP contribution is -2.03. The summed E-state index contributed by atoms with van der Waals surface area (Å²) in [6.07, 6.45) is 0.983. The zero-order valence-electron chi connectivity index (χ0n) is 12.7. The maximum Gasteiger partial charge on any atom is 0.224 e. The highest BCUT2D eigenvalue weighted by Gasteiger charge is 2.08. The van der Waals surface area contributed by atoms with Gasteiger partial charge in [-0.25, -0.2) is 4.98 Å². The summed E-state index contributed by atoms with van der Waals surface area (Å²) in [5.74, 6) is 3.24. The number of hydrogen-bond donors (Lipinski definition) is 1. The van der Waals surface area contributed by atoms with Gasteiger partial charge < -0.3 is 15.2 Å². The van der Waals surface area contributed by atoms with Crippen molar-refractivity contribution in [3.05, 3.63) is 36.2 Å². The van der Waals surface area contributed by atoms with Crippen molar-refractivity contribution in [3.63, 3.8) is 0 Å². The largest absolute Gasteiger partial charge is 0.494 e. The molecule has 0 aliphatic carbocycles. The fourth-order valence-electron chi connectivity index (χ4n) is 1.72. The molecule has 2 N–H and O–H groups in total. The Kier molecular flexibility index (Phi) is 4.98. The third-order valence-corrected chi connectivity index (χ3v) is 2.78. The number of aromatic nitrogens is 2. The quantitative estimate of drug-likeness (QED) is 0.875. The smallest absolute Gasteiger partial charge is 0.224 e. The summed E-state index contributed by atoms with van der Waals surface area (Å²) in [6.45, 7) is 6.81. The minimum absolute atomic E-state index is 0.195. The Morgan fingerprint density at radius 1 is 1.10 bits per heavy atom. The molecule has 0 unspecified atom stereocenters. The van der Waals surface area contributed by atoms with E-state index < -0.39 is 0 Å². The van der Waals surface area contributed by atoms with E-state index >= 15 is 0 Å². The summed E-state index contributed by atoms with van der Waals surface area (Å²) < 4.78 is 11.3. The number of ether oxygens (including phenoxy) is 2. The van der Waals surface area contributed by atoms with E-state index in [-0.39, 0.29) is 5.92 Å². The first-order valence-electron chi connectivity index (χ1n) is 7.13. The van der Waals surface area contributed by atoms with Crippen LogP contribution in [0.15, 0.2) is 30.3 Å². The van der Waals surface area contributed by atoms with Crippen LogP contribution in [0.5, 0.6) is 17.4 Å². The molecule has 21 heavy (non-hydrogen) atoms. The second-order valence-corrected chi connectivity index (χ2v) is 5.07. The van der Waals surface area contributed by atoms with Gasteiger partial charge in [0.25, 0.3) is 0 Å². The van der Waals surface area contributed by atoms with Gasteiger partial charge in [-0.15, -0.1) is 0 Å². The van der Waals surface area contributed by atoms with Gasteiger partial charge in [-0.3, -0.25) is 0 Å². The molecule has 0 amide bonds. The summed E-state index contributed by atoms with van der Waals surface area (Å²) in [7, 11) is 0. The Labute approximate surface area is 125 Å². The molecule has 1 aromatic carbocycles. The first-order valence-corrected chi connectivity index (χ1v) is 7.13. The first-order chi connectivity index (χ1) is 10.1. The predicted octanol–water partition coefficient (Wildman–Crippen LogP) is 3.76. The van der Waals surface area contributed by atoms with Crippen LogP contribution in [-0.2, 0) is 0 Å². The summed E-state index contributed by atoms with van der Waals surface area (Å²) in [5.41, 5.74) is 5.78. The summed E-state index contributed by atoms with van der Waals surface area (Å²) >= 11 is 0. The zero-order chi connectivity index (χ0) is 15.2. The van der Waals surface area contributed by atoms with E-state index in [1.54, 1.807) is 6.07 Å². The molecule has 0 saturated heterocycles. The third kappa shape index (κ3) is 4.34. The van der Waals surface area contributed by atoms with Crippen molar-refractivity contribution in [1.82, 2.24) is 9.97 Å². The highest BCUT2D eigenvalue weighted by atomic mass is 16.5. The van der Waals surface area contributed by atoms with Gasteiger partial charge >= 0.3 is 0 Å². The van der Waals surface area contributed by atoms with E-state index in [9.17, 15) is 0 Å². The number of nitrogens with two attached hydrogens (primary N) is 1. The van der Waals surface area contributed by atoms with Gasteiger partial charge in [0.2, 0.25) is 5.88 Å². The molecular weight excluding hydrogens is 266 g/mol. The van der Waals surface area contributed by atoms with Crippen LogP contribution in [0.2, 0.25) is 0 Å². The van der Waals surface area contributed by atoms with Gasteiger partial charge in [0.15, 0.2) is 0 Å². The van der Waals surface area contributed by atoms with Crippen molar-refractivity contribution in [2.45, 2.75) is 33.1 Å². The lowest BCUT2D eigenvalue weighted by Gasteiger charge is -2.10. The van der Waals surface area contributed by atoms with Crippen molar-refractivity contribution >= 4 is 5.82 Å². The lowest BCUT2D eigenvalue weighted by atomic mass is 10.2. The summed E-state index contributed by atoms with van der Waals surface area (Å²) in [5, 5.41) is 0. The average Bonchev–Trinajstić information content (AvgIpc) is 2.46. The number of anilines is 1. The number of nitrogen functional groups attached to an aromatic ring is 1. The predicted molar refractivity (Wildman–Crippen MR) is 82.8 cm³/mol. The van der Waals surface area contributed by atoms with Gasteiger partial charge in [-0.2, -0.15) is 4.98 Å². The molecule has 1 heterocycles. The second-order valence-electron chi connectivity index (χ2n) is 5.07. The number of benzene rings is 1. The Morgan fingerprint density at radius 3 is 2.38 bits per heavy atom. The van der Waals surface area contributed by atoms with Crippen LogP contribution in [0, 0.1) is 0 Å². The van der Waals surface area contributed by atoms with E-state index in [1.165, 1.54) is 0 Å². The van der Waals surface area contributed by atoms with Crippen LogP contribution >= 0.6 is 0 Å². The maximum atomic E-state index is 5.78. The standard InChI is InChI=1S/C16H21N3O2/c1-4-9-20-12-5-7-13(8-6-12)21-15-10-14(17)18-16(19-15)11(2)3/h5-8,10-11H,4,9H2,1-3H3,(H2,17,18,19). The number of nitrogens with zero attached hydrogens (tertiary/aromatic N) is 2. The molecule has 0 saturated carbocycles. The number of hydrogen-bond acceptors (Lipinski definition) is 5. The van der Waals surface area contributed by atoms with Crippen molar-refractivity contribution in [2.24, 2.45) is 0 Å². The Bertz CT molecular complexity index is 583. The van der Waals surface area contributed by atoms with E-state index in [4.69, 9.17) is 15.2 Å². The van der Waals surface area contributed by atoms with E-state index in [1.807, 2.05) is 38.1 Å². The molecule has 0 radical (unpaired) electrons. The van der Waals surface area contributed by atoms with Crippen molar-refractivity contribution in [1.29, 1.82) is 0 Å². The van der Waals surface area contributed by atoms with Crippen LogP contribution in [0.1, 0.15) is 38.9 Å². The van der Waals surface area contributed by atoms with Gasteiger partial charge in [-0.1, -0.05) is 20.8 Å².